The molecule has 0 aromatic heterocycles. The second-order valence-electron chi connectivity index (χ2n) is 11.6. The van der Waals surface area contributed by atoms with Crippen molar-refractivity contribution >= 4 is 0 Å². The molecule has 0 bridgehead atoms. The molecule has 2 saturated heterocycles. The van der Waals surface area contributed by atoms with Crippen LogP contribution in [0.1, 0.15) is 81.1 Å². The quantitative estimate of drug-likeness (QED) is 0.730. The summed E-state index contributed by atoms with van der Waals surface area (Å²) in [5, 5.41) is 24.0. The predicted molar refractivity (Wildman–Crippen MR) is 116 cm³/mol. The first-order valence-electron chi connectivity index (χ1n) is 10.3. The molecule has 0 unspecified atom stereocenters. The number of piperidine rings is 2. The summed E-state index contributed by atoms with van der Waals surface area (Å²) in [4.78, 5) is 4.56. The molecule has 0 aromatic carbocycles. The van der Waals surface area contributed by atoms with E-state index in [0.717, 1.165) is 0 Å². The largest absolute Gasteiger partial charge is 0.387 e. The Kier molecular flexibility index (Phi) is 5.60. The predicted octanol–water partition coefficient (Wildman–Crippen LogP) is 3.02. The number of aliphatic hydroxyl groups is 2. The van der Waals surface area contributed by atoms with Crippen molar-refractivity contribution in [1.29, 1.82) is 0 Å². The van der Waals surface area contributed by atoms with Crippen LogP contribution in [0.2, 0.25) is 0 Å². The topological polar surface area (TPSA) is 46.9 Å². The molecule has 0 amide bonds. The van der Waals surface area contributed by atoms with Crippen LogP contribution in [0, 0.1) is 24.7 Å². The molecule has 4 heteroatoms. The standard InChI is InChI=1S/C24H40N2O2/c1-11-13-25-19(3,4)15-23(27,16-20(25,5)6)24(28)17-21(7,8)26(14-12-2)22(9,10)18-24/h1-2,27-28H,13-18H2,3-10H3. The smallest absolute Gasteiger partial charge is 0.0969 e. The lowest BCUT2D eigenvalue weighted by atomic mass is 9.57. The van der Waals surface area contributed by atoms with Crippen LogP contribution in [-0.2, 0) is 0 Å². The third kappa shape index (κ3) is 3.73. The first kappa shape index (κ1) is 23.2. The highest BCUT2D eigenvalue weighted by molar-refractivity contribution is 5.20. The van der Waals surface area contributed by atoms with Gasteiger partial charge in [0.1, 0.15) is 0 Å². The van der Waals surface area contributed by atoms with Gasteiger partial charge in [-0.25, -0.2) is 0 Å². The highest BCUT2D eigenvalue weighted by atomic mass is 16.4. The van der Waals surface area contributed by atoms with Crippen molar-refractivity contribution in [2.45, 2.75) is 114 Å². The van der Waals surface area contributed by atoms with Crippen molar-refractivity contribution in [1.82, 2.24) is 9.80 Å². The molecule has 2 rings (SSSR count). The fourth-order valence-corrected chi connectivity index (χ4v) is 6.70. The van der Waals surface area contributed by atoms with E-state index in [2.05, 4.69) is 77.0 Å². The van der Waals surface area contributed by atoms with E-state index in [1.54, 1.807) is 0 Å². The second-order valence-corrected chi connectivity index (χ2v) is 11.6. The minimum atomic E-state index is -1.21. The number of hydrogen-bond donors (Lipinski definition) is 2. The van der Waals surface area contributed by atoms with Crippen LogP contribution >= 0.6 is 0 Å². The Bertz CT molecular complexity index is 594. The normalized spacial score (nSPS) is 30.1. The van der Waals surface area contributed by atoms with E-state index in [4.69, 9.17) is 12.8 Å². The molecule has 0 radical (unpaired) electrons. The van der Waals surface area contributed by atoms with E-state index in [1.165, 1.54) is 0 Å². The van der Waals surface area contributed by atoms with Gasteiger partial charge >= 0.3 is 0 Å². The number of terminal acetylenes is 2. The molecule has 2 aliphatic heterocycles. The first-order valence-corrected chi connectivity index (χ1v) is 10.3. The highest BCUT2D eigenvalue weighted by Gasteiger charge is 2.64. The Labute approximate surface area is 172 Å². The molecule has 4 nitrogen and oxygen atoms in total. The van der Waals surface area contributed by atoms with E-state index in [1.807, 2.05) is 0 Å². The van der Waals surface area contributed by atoms with E-state index >= 15 is 0 Å². The van der Waals surface area contributed by atoms with Gasteiger partial charge in [0.05, 0.1) is 24.3 Å². The van der Waals surface area contributed by atoms with Gasteiger partial charge < -0.3 is 10.2 Å². The summed E-state index contributed by atoms with van der Waals surface area (Å²) < 4.78 is 0. The van der Waals surface area contributed by atoms with E-state index in [-0.39, 0.29) is 22.2 Å². The summed E-state index contributed by atoms with van der Waals surface area (Å²) in [7, 11) is 0. The van der Waals surface area contributed by atoms with Crippen LogP contribution in [0.4, 0.5) is 0 Å². The lowest BCUT2D eigenvalue weighted by molar-refractivity contribution is -0.259. The number of nitrogens with zero attached hydrogens (tertiary/aromatic N) is 2. The summed E-state index contributed by atoms with van der Waals surface area (Å²) in [6, 6.07) is 0. The SMILES string of the molecule is C#CCN1C(C)(C)CC(O)(C2(O)CC(C)(C)N(CC#C)C(C)(C)C2)CC1(C)C. The van der Waals surface area contributed by atoms with Gasteiger partial charge in [0.25, 0.3) is 0 Å². The molecule has 28 heavy (non-hydrogen) atoms. The van der Waals surface area contributed by atoms with Gasteiger partial charge in [-0.2, -0.15) is 0 Å². The molecular weight excluding hydrogens is 348 g/mol. The Morgan fingerprint density at radius 3 is 1.00 bits per heavy atom. The highest BCUT2D eigenvalue weighted by Crippen LogP contribution is 2.55. The van der Waals surface area contributed by atoms with E-state index in [9.17, 15) is 10.2 Å². The zero-order valence-electron chi connectivity index (χ0n) is 19.2. The molecule has 158 valence electrons. The number of likely N-dealkylation sites (tertiary alicyclic amines) is 2. The van der Waals surface area contributed by atoms with Crippen molar-refractivity contribution in [3.63, 3.8) is 0 Å². The van der Waals surface area contributed by atoms with Gasteiger partial charge in [-0.3, -0.25) is 9.80 Å². The van der Waals surface area contributed by atoms with Crippen LogP contribution < -0.4 is 0 Å². The molecule has 2 N–H and O–H groups in total. The minimum absolute atomic E-state index is 0.331. The van der Waals surface area contributed by atoms with Crippen LogP contribution in [0.5, 0.6) is 0 Å². The summed E-state index contributed by atoms with van der Waals surface area (Å²) in [5.74, 6) is 5.53. The molecule has 0 atom stereocenters. The summed E-state index contributed by atoms with van der Waals surface area (Å²) in [6.45, 7) is 18.0. The number of hydrogen-bond acceptors (Lipinski definition) is 4. The summed E-state index contributed by atoms with van der Waals surface area (Å²) in [5.41, 5.74) is -3.74. The van der Waals surface area contributed by atoms with Crippen molar-refractivity contribution in [2.24, 2.45) is 0 Å². The van der Waals surface area contributed by atoms with Gasteiger partial charge in [-0.05, 0) is 81.1 Å². The maximum absolute atomic E-state index is 12.0. The maximum atomic E-state index is 12.0. The average molecular weight is 389 g/mol. The fraction of sp³-hybridized carbons (Fsp3) is 0.833. The zero-order chi connectivity index (χ0) is 21.8. The lowest BCUT2D eigenvalue weighted by Crippen LogP contribution is -2.76. The Hall–Kier alpha value is -1.04. The second kappa shape index (κ2) is 6.75. The van der Waals surface area contributed by atoms with Gasteiger partial charge in [-0.1, -0.05) is 11.8 Å². The van der Waals surface area contributed by atoms with E-state index < -0.39 is 11.2 Å². The molecule has 2 heterocycles. The number of rotatable bonds is 3. The Morgan fingerprint density at radius 1 is 0.607 bits per heavy atom. The van der Waals surface area contributed by atoms with Gasteiger partial charge in [0, 0.05) is 22.2 Å². The monoisotopic (exact) mass is 388 g/mol. The van der Waals surface area contributed by atoms with Crippen LogP contribution in [0.25, 0.3) is 0 Å². The third-order valence-corrected chi connectivity index (χ3v) is 7.19. The lowest BCUT2D eigenvalue weighted by Gasteiger charge is -2.66. The molecular formula is C24H40N2O2. The van der Waals surface area contributed by atoms with Crippen LogP contribution in [0.3, 0.4) is 0 Å². The van der Waals surface area contributed by atoms with Gasteiger partial charge in [0.2, 0.25) is 0 Å². The molecule has 0 aromatic rings. The molecule has 0 saturated carbocycles. The van der Waals surface area contributed by atoms with Crippen LogP contribution in [-0.4, -0.2) is 66.5 Å². The maximum Gasteiger partial charge on any atom is 0.0969 e. The van der Waals surface area contributed by atoms with Gasteiger partial charge in [-0.15, -0.1) is 12.8 Å². The molecule has 2 aliphatic rings. The Balaban J connectivity index is 2.49. The molecule has 2 fully saturated rings. The third-order valence-electron chi connectivity index (χ3n) is 7.19. The van der Waals surface area contributed by atoms with Crippen molar-refractivity contribution in [3.8, 4) is 24.7 Å². The van der Waals surface area contributed by atoms with Gasteiger partial charge in [0.15, 0.2) is 0 Å². The van der Waals surface area contributed by atoms with Crippen molar-refractivity contribution in [3.05, 3.63) is 0 Å². The fourth-order valence-electron chi connectivity index (χ4n) is 6.70. The summed E-state index contributed by atoms with van der Waals surface area (Å²) >= 11 is 0. The average Bonchev–Trinajstić information content (AvgIpc) is 2.44. The zero-order valence-corrected chi connectivity index (χ0v) is 19.2. The van der Waals surface area contributed by atoms with Crippen molar-refractivity contribution < 1.29 is 10.2 Å². The van der Waals surface area contributed by atoms with Crippen LogP contribution in [0.15, 0.2) is 0 Å². The molecule has 0 aliphatic carbocycles. The Morgan fingerprint density at radius 2 is 0.821 bits per heavy atom. The summed E-state index contributed by atoms with van der Waals surface area (Å²) in [6.07, 6.45) is 13.2. The van der Waals surface area contributed by atoms with Crippen molar-refractivity contribution in [2.75, 3.05) is 13.1 Å². The first-order chi connectivity index (χ1) is 12.5. The van der Waals surface area contributed by atoms with E-state index in [0.29, 0.717) is 38.8 Å². The molecule has 0 spiro atoms. The minimum Gasteiger partial charge on any atom is -0.387 e.